The third-order valence-corrected chi connectivity index (χ3v) is 6.97. The number of anilines is 1. The second kappa shape index (κ2) is 14.6. The molecular formula is C34H37F3N4O3. The maximum absolute atomic E-state index is 13.9. The molecule has 3 amide bonds. The molecule has 4 rings (SSSR count). The van der Waals surface area contributed by atoms with Crippen molar-refractivity contribution in [1.82, 2.24) is 14.4 Å². The van der Waals surface area contributed by atoms with Gasteiger partial charge < -0.3 is 24.4 Å². The van der Waals surface area contributed by atoms with Crippen molar-refractivity contribution in [3.05, 3.63) is 120 Å². The van der Waals surface area contributed by atoms with E-state index in [2.05, 4.69) is 9.88 Å². The van der Waals surface area contributed by atoms with Crippen LogP contribution in [0.4, 0.5) is 23.7 Å². The molecule has 0 bridgehead atoms. The molecule has 0 saturated carbocycles. The van der Waals surface area contributed by atoms with Crippen molar-refractivity contribution in [3.63, 3.8) is 0 Å². The number of methoxy groups -OCH3 is 1. The van der Waals surface area contributed by atoms with Gasteiger partial charge in [0.2, 0.25) is 5.91 Å². The number of rotatable bonds is 12. The van der Waals surface area contributed by atoms with Gasteiger partial charge in [0, 0.05) is 37.2 Å². The van der Waals surface area contributed by atoms with Gasteiger partial charge >= 0.3 is 12.2 Å². The highest BCUT2D eigenvalue weighted by atomic mass is 19.4. The molecule has 232 valence electrons. The van der Waals surface area contributed by atoms with Crippen molar-refractivity contribution in [1.29, 1.82) is 0 Å². The molecule has 0 atom stereocenters. The van der Waals surface area contributed by atoms with E-state index >= 15 is 0 Å². The zero-order valence-electron chi connectivity index (χ0n) is 25.1. The highest BCUT2D eigenvalue weighted by molar-refractivity contribution is 5.92. The summed E-state index contributed by atoms with van der Waals surface area (Å²) in [5.74, 6) is 0.478. The Morgan fingerprint density at radius 2 is 1.59 bits per heavy atom. The van der Waals surface area contributed by atoms with Gasteiger partial charge in [-0.3, -0.25) is 4.79 Å². The third-order valence-electron chi connectivity index (χ3n) is 6.97. The molecule has 10 heteroatoms. The van der Waals surface area contributed by atoms with E-state index in [1.165, 1.54) is 17.0 Å². The molecule has 0 radical (unpaired) electrons. The quantitative estimate of drug-likeness (QED) is 0.184. The second-order valence-electron chi connectivity index (χ2n) is 11.0. The number of hydrogen-bond acceptors (Lipinski definition) is 3. The number of halogens is 3. The minimum absolute atomic E-state index is 0.00235. The van der Waals surface area contributed by atoms with Crippen molar-refractivity contribution in [2.45, 2.75) is 39.7 Å². The zero-order valence-corrected chi connectivity index (χ0v) is 25.1. The number of aromatic nitrogens is 1. The number of carbonyl (C=O) groups is 2. The van der Waals surface area contributed by atoms with Gasteiger partial charge in [0.1, 0.15) is 12.3 Å². The van der Waals surface area contributed by atoms with E-state index in [4.69, 9.17) is 4.74 Å². The van der Waals surface area contributed by atoms with Gasteiger partial charge in [-0.1, -0.05) is 62.4 Å². The molecule has 0 saturated heterocycles. The topological polar surface area (TPSA) is 66.8 Å². The minimum atomic E-state index is -4.55. The maximum Gasteiger partial charge on any atom is 0.416 e. The first kappa shape index (κ1) is 32.2. The van der Waals surface area contributed by atoms with E-state index in [0.29, 0.717) is 13.1 Å². The molecule has 0 fully saturated rings. The summed E-state index contributed by atoms with van der Waals surface area (Å²) in [5.41, 5.74) is 2.00. The number of amides is 3. The first-order valence-corrected chi connectivity index (χ1v) is 14.3. The van der Waals surface area contributed by atoms with E-state index in [0.717, 1.165) is 34.7 Å². The van der Waals surface area contributed by atoms with Crippen molar-refractivity contribution in [3.8, 4) is 5.75 Å². The molecule has 3 aromatic carbocycles. The number of alkyl halides is 3. The Morgan fingerprint density at radius 1 is 0.864 bits per heavy atom. The van der Waals surface area contributed by atoms with Crippen LogP contribution >= 0.6 is 0 Å². The van der Waals surface area contributed by atoms with E-state index in [-0.39, 0.29) is 37.1 Å². The Labute approximate surface area is 255 Å². The van der Waals surface area contributed by atoms with Crippen molar-refractivity contribution >= 4 is 17.6 Å². The van der Waals surface area contributed by atoms with Crippen LogP contribution in [0.5, 0.6) is 5.75 Å². The molecule has 0 aliphatic rings. The fraction of sp³-hybridized carbons (Fsp3) is 0.294. The van der Waals surface area contributed by atoms with Gasteiger partial charge in [0.05, 0.1) is 19.2 Å². The molecular weight excluding hydrogens is 569 g/mol. The predicted molar refractivity (Wildman–Crippen MR) is 164 cm³/mol. The number of hydrogen-bond donors (Lipinski definition) is 1. The molecule has 4 aromatic rings. The molecule has 0 spiro atoms. The van der Waals surface area contributed by atoms with Gasteiger partial charge in [-0.25, -0.2) is 4.79 Å². The van der Waals surface area contributed by atoms with Crippen LogP contribution in [0.15, 0.2) is 97.2 Å². The van der Waals surface area contributed by atoms with E-state index in [1.807, 2.05) is 86.8 Å². The first-order chi connectivity index (χ1) is 21.0. The standard InChI is InChI=1S/C34H37F3N4O3/c1-25(2)20-41(33(43)38-29-14-8-13-28(19-29)34(35,36)37)24-32(42)40(21-26-10-5-4-6-11-26)23-30-15-9-17-39(30)22-27-12-7-16-31(18-27)44-3/h4-19,25H,20-24H2,1-3H3,(H,38,43). The predicted octanol–water partition coefficient (Wildman–Crippen LogP) is 7.28. The normalized spacial score (nSPS) is 11.3. The lowest BCUT2D eigenvalue weighted by atomic mass is 10.2. The lowest BCUT2D eigenvalue weighted by Crippen LogP contribution is -2.45. The number of carbonyl (C=O) groups excluding carboxylic acids is 2. The van der Waals surface area contributed by atoms with E-state index in [9.17, 15) is 22.8 Å². The van der Waals surface area contributed by atoms with Gasteiger partial charge in [-0.15, -0.1) is 0 Å². The lowest BCUT2D eigenvalue weighted by molar-refractivity contribution is -0.137. The fourth-order valence-corrected chi connectivity index (χ4v) is 4.85. The molecule has 0 aliphatic carbocycles. The van der Waals surface area contributed by atoms with Crippen LogP contribution in [0, 0.1) is 5.92 Å². The van der Waals surface area contributed by atoms with Gasteiger partial charge in [0.25, 0.3) is 0 Å². The summed E-state index contributed by atoms with van der Waals surface area (Å²) in [6, 6.07) is 25.0. The minimum Gasteiger partial charge on any atom is -0.497 e. The number of ether oxygens (including phenoxy) is 1. The molecule has 0 aliphatic heterocycles. The monoisotopic (exact) mass is 606 g/mol. The van der Waals surface area contributed by atoms with Crippen LogP contribution in [-0.2, 0) is 30.6 Å². The SMILES string of the molecule is COc1cccc(Cn2cccc2CN(Cc2ccccc2)C(=O)CN(CC(C)C)C(=O)Nc2cccc(C(F)(F)F)c2)c1. The molecule has 1 N–H and O–H groups in total. The Bertz CT molecular complexity index is 1540. The Kier molecular flexibility index (Phi) is 10.7. The Hall–Kier alpha value is -4.73. The summed E-state index contributed by atoms with van der Waals surface area (Å²) >= 11 is 0. The maximum atomic E-state index is 13.9. The van der Waals surface area contributed by atoms with Crippen LogP contribution in [0.1, 0.15) is 36.2 Å². The highest BCUT2D eigenvalue weighted by Crippen LogP contribution is 2.30. The van der Waals surface area contributed by atoms with Crippen LogP contribution in [0.3, 0.4) is 0 Å². The van der Waals surface area contributed by atoms with Crippen LogP contribution in [0.2, 0.25) is 0 Å². The second-order valence-corrected chi connectivity index (χ2v) is 11.0. The Morgan fingerprint density at radius 3 is 2.30 bits per heavy atom. The molecule has 7 nitrogen and oxygen atoms in total. The highest BCUT2D eigenvalue weighted by Gasteiger charge is 2.31. The Balaban J connectivity index is 1.55. The van der Waals surface area contributed by atoms with Gasteiger partial charge in [-0.05, 0) is 59.5 Å². The average molecular weight is 607 g/mol. The third kappa shape index (κ3) is 9.13. The smallest absolute Gasteiger partial charge is 0.416 e. The number of urea groups is 1. The fourth-order valence-electron chi connectivity index (χ4n) is 4.85. The van der Waals surface area contributed by atoms with Gasteiger partial charge in [-0.2, -0.15) is 13.2 Å². The summed E-state index contributed by atoms with van der Waals surface area (Å²) in [6.45, 7) is 4.98. The first-order valence-electron chi connectivity index (χ1n) is 14.3. The van der Waals surface area contributed by atoms with E-state index < -0.39 is 17.8 Å². The van der Waals surface area contributed by atoms with Crippen molar-refractivity contribution in [2.75, 3.05) is 25.5 Å². The average Bonchev–Trinajstić information content (AvgIpc) is 3.42. The largest absolute Gasteiger partial charge is 0.497 e. The van der Waals surface area contributed by atoms with Crippen LogP contribution in [-0.4, -0.2) is 46.5 Å². The molecule has 1 heterocycles. The summed E-state index contributed by atoms with van der Waals surface area (Å²) in [7, 11) is 1.62. The molecule has 44 heavy (non-hydrogen) atoms. The van der Waals surface area contributed by atoms with Gasteiger partial charge in [0.15, 0.2) is 0 Å². The van der Waals surface area contributed by atoms with Crippen molar-refractivity contribution in [2.24, 2.45) is 5.92 Å². The molecule has 1 aromatic heterocycles. The number of benzene rings is 3. The van der Waals surface area contributed by atoms with Crippen LogP contribution < -0.4 is 10.1 Å². The number of nitrogens with one attached hydrogen (secondary N) is 1. The van der Waals surface area contributed by atoms with Crippen LogP contribution in [0.25, 0.3) is 0 Å². The lowest BCUT2D eigenvalue weighted by Gasteiger charge is -2.29. The summed E-state index contributed by atoms with van der Waals surface area (Å²) in [5, 5.41) is 2.55. The molecule has 0 unspecified atom stereocenters. The zero-order chi connectivity index (χ0) is 31.7. The van der Waals surface area contributed by atoms with Crippen molar-refractivity contribution < 1.29 is 27.5 Å². The summed E-state index contributed by atoms with van der Waals surface area (Å²) in [4.78, 5) is 30.2. The van der Waals surface area contributed by atoms with E-state index in [1.54, 1.807) is 12.0 Å². The number of nitrogens with zero attached hydrogens (tertiary/aromatic N) is 3. The summed E-state index contributed by atoms with van der Waals surface area (Å²) < 4.78 is 47.1. The summed E-state index contributed by atoms with van der Waals surface area (Å²) in [6.07, 6.45) is -2.59.